The summed E-state index contributed by atoms with van der Waals surface area (Å²) in [6.07, 6.45) is 3.47. The Kier molecular flexibility index (Phi) is 4.60. The van der Waals surface area contributed by atoms with Crippen molar-refractivity contribution < 1.29 is 4.39 Å². The molecule has 2 aromatic carbocycles. The summed E-state index contributed by atoms with van der Waals surface area (Å²) in [5.41, 5.74) is 4.83. The predicted octanol–water partition coefficient (Wildman–Crippen LogP) is 5.16. The number of halogens is 2. The van der Waals surface area contributed by atoms with E-state index in [1.807, 2.05) is 24.3 Å². The molecule has 0 unspecified atom stereocenters. The number of nitrogens with zero attached hydrogens (tertiary/aromatic N) is 2. The molecule has 22 heavy (non-hydrogen) atoms. The Bertz CT molecular complexity index is 782. The van der Waals surface area contributed by atoms with E-state index in [1.54, 1.807) is 24.5 Å². The van der Waals surface area contributed by atoms with Crippen LogP contribution in [0, 0.1) is 5.82 Å². The summed E-state index contributed by atoms with van der Waals surface area (Å²) in [6.45, 7) is 0. The lowest BCUT2D eigenvalue weighted by Gasteiger charge is -1.96. The molecular weight excluding hydrogens is 365 g/mol. The maximum atomic E-state index is 12.9. The van der Waals surface area contributed by atoms with E-state index in [0.717, 1.165) is 20.5 Å². The fraction of sp³-hybridized carbons (Fsp3) is 0. The Hall–Kier alpha value is -2.05. The van der Waals surface area contributed by atoms with Gasteiger partial charge in [0.1, 0.15) is 5.82 Å². The third-order valence-corrected chi connectivity index (χ3v) is 4.36. The molecule has 0 fully saturated rings. The molecule has 1 N–H and O–H groups in total. The quantitative estimate of drug-likeness (QED) is 0.505. The second-order valence-electron chi connectivity index (χ2n) is 4.46. The first kappa shape index (κ1) is 14.9. The number of hydrogen-bond donors (Lipinski definition) is 1. The molecule has 0 spiro atoms. The van der Waals surface area contributed by atoms with Crippen LogP contribution < -0.4 is 5.43 Å². The van der Waals surface area contributed by atoms with Crippen molar-refractivity contribution in [1.82, 2.24) is 4.98 Å². The molecule has 3 nitrogen and oxygen atoms in total. The normalized spacial score (nSPS) is 11.0. The summed E-state index contributed by atoms with van der Waals surface area (Å²) in [5.74, 6) is -0.245. The van der Waals surface area contributed by atoms with Crippen LogP contribution in [0.2, 0.25) is 0 Å². The molecule has 3 aromatic rings. The molecule has 0 aliphatic heterocycles. The molecule has 0 aliphatic carbocycles. The summed E-state index contributed by atoms with van der Waals surface area (Å²) >= 11 is 4.85. The number of aromatic nitrogens is 1. The Morgan fingerprint density at radius 1 is 1.09 bits per heavy atom. The van der Waals surface area contributed by atoms with Gasteiger partial charge >= 0.3 is 0 Å². The average molecular weight is 376 g/mol. The van der Waals surface area contributed by atoms with Gasteiger partial charge in [-0.3, -0.25) is 5.43 Å². The molecular formula is C16H11BrFN3S. The van der Waals surface area contributed by atoms with E-state index in [1.165, 1.54) is 23.5 Å². The second-order valence-corrected chi connectivity index (χ2v) is 6.40. The van der Waals surface area contributed by atoms with Crippen LogP contribution in [0.4, 0.5) is 9.52 Å². The molecule has 1 aromatic heterocycles. The minimum atomic E-state index is -0.245. The monoisotopic (exact) mass is 375 g/mol. The maximum Gasteiger partial charge on any atom is 0.203 e. The number of anilines is 1. The fourth-order valence-electron chi connectivity index (χ4n) is 1.78. The zero-order valence-corrected chi connectivity index (χ0v) is 13.7. The highest BCUT2D eigenvalue weighted by Crippen LogP contribution is 2.28. The number of hydrazone groups is 1. The summed E-state index contributed by atoms with van der Waals surface area (Å²) in [7, 11) is 0. The van der Waals surface area contributed by atoms with Gasteiger partial charge in [-0.1, -0.05) is 51.5 Å². The van der Waals surface area contributed by atoms with Crippen molar-refractivity contribution in [1.29, 1.82) is 0 Å². The molecule has 6 heteroatoms. The van der Waals surface area contributed by atoms with E-state index >= 15 is 0 Å². The first-order valence-electron chi connectivity index (χ1n) is 6.47. The molecule has 110 valence electrons. The molecule has 3 rings (SSSR count). The van der Waals surface area contributed by atoms with Gasteiger partial charge in [-0.2, -0.15) is 5.10 Å². The molecule has 0 aliphatic rings. The Balaban J connectivity index is 1.66. The summed E-state index contributed by atoms with van der Waals surface area (Å²) in [6, 6.07) is 14.2. The van der Waals surface area contributed by atoms with E-state index < -0.39 is 0 Å². The third-order valence-electron chi connectivity index (χ3n) is 2.88. The second kappa shape index (κ2) is 6.81. The van der Waals surface area contributed by atoms with Crippen LogP contribution >= 0.6 is 27.3 Å². The third kappa shape index (κ3) is 3.78. The predicted molar refractivity (Wildman–Crippen MR) is 92.9 cm³/mol. The summed E-state index contributed by atoms with van der Waals surface area (Å²) in [5, 5.41) is 4.85. The zero-order valence-electron chi connectivity index (χ0n) is 11.3. The van der Waals surface area contributed by atoms with Gasteiger partial charge in [0.25, 0.3) is 0 Å². The lowest BCUT2D eigenvalue weighted by Crippen LogP contribution is -1.89. The van der Waals surface area contributed by atoms with E-state index in [4.69, 9.17) is 0 Å². The van der Waals surface area contributed by atoms with Crippen LogP contribution in [0.3, 0.4) is 0 Å². The molecule has 0 saturated carbocycles. The van der Waals surface area contributed by atoms with Gasteiger partial charge in [0.2, 0.25) is 5.13 Å². The van der Waals surface area contributed by atoms with Crippen LogP contribution in [-0.2, 0) is 0 Å². The highest BCUT2D eigenvalue weighted by Gasteiger charge is 2.03. The molecule has 0 amide bonds. The molecule has 1 heterocycles. The van der Waals surface area contributed by atoms with Gasteiger partial charge in [-0.05, 0) is 35.4 Å². The van der Waals surface area contributed by atoms with E-state index in [9.17, 15) is 4.39 Å². The van der Waals surface area contributed by atoms with Crippen LogP contribution in [0.15, 0.2) is 64.3 Å². The SMILES string of the molecule is Fc1ccc(-c2cnc(N/N=C/c3ccc(Br)cc3)s2)cc1. The Labute approximate surface area is 139 Å². The molecule has 0 atom stereocenters. The minimum Gasteiger partial charge on any atom is -0.253 e. The molecule has 0 saturated heterocycles. The molecule has 0 bridgehead atoms. The number of rotatable bonds is 4. The number of hydrogen-bond acceptors (Lipinski definition) is 4. The van der Waals surface area contributed by atoms with E-state index in [-0.39, 0.29) is 5.82 Å². The van der Waals surface area contributed by atoms with Crippen LogP contribution in [0.25, 0.3) is 10.4 Å². The first-order valence-corrected chi connectivity index (χ1v) is 8.08. The largest absolute Gasteiger partial charge is 0.253 e. The smallest absolute Gasteiger partial charge is 0.203 e. The first-order chi connectivity index (χ1) is 10.7. The van der Waals surface area contributed by atoms with Crippen molar-refractivity contribution in [2.24, 2.45) is 5.10 Å². The number of nitrogens with one attached hydrogen (secondary N) is 1. The van der Waals surface area contributed by atoms with Crippen molar-refractivity contribution in [3.8, 4) is 10.4 Å². The van der Waals surface area contributed by atoms with Crippen LogP contribution in [0.1, 0.15) is 5.56 Å². The maximum absolute atomic E-state index is 12.9. The summed E-state index contributed by atoms with van der Waals surface area (Å²) < 4.78 is 13.9. The van der Waals surface area contributed by atoms with Gasteiger partial charge in [0.15, 0.2) is 0 Å². The van der Waals surface area contributed by atoms with E-state index in [2.05, 4.69) is 31.4 Å². The lowest BCUT2D eigenvalue weighted by atomic mass is 10.2. The molecule has 0 radical (unpaired) electrons. The Morgan fingerprint density at radius 2 is 1.82 bits per heavy atom. The highest BCUT2D eigenvalue weighted by molar-refractivity contribution is 9.10. The number of benzene rings is 2. The van der Waals surface area contributed by atoms with Gasteiger partial charge in [0, 0.05) is 10.7 Å². The highest BCUT2D eigenvalue weighted by atomic mass is 79.9. The van der Waals surface area contributed by atoms with Gasteiger partial charge < -0.3 is 0 Å². The van der Waals surface area contributed by atoms with Crippen LogP contribution in [0.5, 0.6) is 0 Å². The number of thiazole rings is 1. The fourth-order valence-corrected chi connectivity index (χ4v) is 2.82. The van der Waals surface area contributed by atoms with Crippen LogP contribution in [-0.4, -0.2) is 11.2 Å². The van der Waals surface area contributed by atoms with Crippen molar-refractivity contribution in [2.45, 2.75) is 0 Å². The van der Waals surface area contributed by atoms with Crippen molar-refractivity contribution >= 4 is 38.6 Å². The summed E-state index contributed by atoms with van der Waals surface area (Å²) in [4.78, 5) is 5.21. The van der Waals surface area contributed by atoms with Gasteiger partial charge in [0.05, 0.1) is 11.1 Å². The topological polar surface area (TPSA) is 37.3 Å². The van der Waals surface area contributed by atoms with Crippen molar-refractivity contribution in [3.05, 3.63) is 70.6 Å². The standard InChI is InChI=1S/C16H11BrFN3S/c17-13-5-1-11(2-6-13)9-20-21-16-19-10-15(22-16)12-3-7-14(18)8-4-12/h1-10H,(H,19,21)/b20-9+. The van der Waals surface area contributed by atoms with Gasteiger partial charge in [-0.15, -0.1) is 0 Å². The average Bonchev–Trinajstić information content (AvgIpc) is 2.99. The Morgan fingerprint density at radius 3 is 2.55 bits per heavy atom. The van der Waals surface area contributed by atoms with E-state index in [0.29, 0.717) is 5.13 Å². The minimum absolute atomic E-state index is 0.245. The van der Waals surface area contributed by atoms with Gasteiger partial charge in [-0.25, -0.2) is 9.37 Å². The van der Waals surface area contributed by atoms with Crippen molar-refractivity contribution in [3.63, 3.8) is 0 Å². The lowest BCUT2D eigenvalue weighted by molar-refractivity contribution is 0.628. The van der Waals surface area contributed by atoms with Crippen molar-refractivity contribution in [2.75, 3.05) is 5.43 Å². The zero-order chi connectivity index (χ0) is 15.4.